The van der Waals surface area contributed by atoms with Crippen LogP contribution >= 0.6 is 0 Å². The molecular weight excluding hydrogens is 378 g/mol. The van der Waals surface area contributed by atoms with Gasteiger partial charge < -0.3 is 4.74 Å². The average Bonchev–Trinajstić information content (AvgIpc) is 3.05. The Labute approximate surface area is 165 Å². The summed E-state index contributed by atoms with van der Waals surface area (Å²) in [5.74, 6) is -0.479. The first-order valence-corrected chi connectivity index (χ1v) is 10.8. The number of benzene rings is 2. The number of anilines is 1. The van der Waals surface area contributed by atoms with Crippen molar-refractivity contribution in [3.05, 3.63) is 65.2 Å². The minimum atomic E-state index is -3.33. The first kappa shape index (κ1) is 20.1. The lowest BCUT2D eigenvalue weighted by Crippen LogP contribution is -2.25. The summed E-state index contributed by atoms with van der Waals surface area (Å²) in [6.45, 7) is 4.16. The molecule has 2 aromatic carbocycles. The van der Waals surface area contributed by atoms with Gasteiger partial charge in [-0.15, -0.1) is 0 Å². The Morgan fingerprint density at radius 1 is 1.07 bits per heavy atom. The van der Waals surface area contributed by atoms with Crippen molar-refractivity contribution in [3.63, 3.8) is 0 Å². The van der Waals surface area contributed by atoms with E-state index < -0.39 is 16.0 Å². The number of hydrogen-bond donors (Lipinski definition) is 0. The van der Waals surface area contributed by atoms with Crippen LogP contribution in [0.3, 0.4) is 0 Å². The molecule has 1 aliphatic heterocycles. The highest BCUT2D eigenvalue weighted by Crippen LogP contribution is 2.25. The molecule has 0 unspecified atom stereocenters. The van der Waals surface area contributed by atoms with Gasteiger partial charge in [-0.3, -0.25) is 9.10 Å². The maximum Gasteiger partial charge on any atom is 0.338 e. The molecule has 1 heterocycles. The number of ketones is 1. The van der Waals surface area contributed by atoms with Crippen LogP contribution in [0.15, 0.2) is 48.5 Å². The van der Waals surface area contributed by atoms with Crippen LogP contribution in [0.25, 0.3) is 0 Å². The zero-order valence-corrected chi connectivity index (χ0v) is 16.7. The fraction of sp³-hybridized carbons (Fsp3) is 0.333. The first-order valence-electron chi connectivity index (χ1n) is 9.19. The molecule has 7 heteroatoms. The fourth-order valence-electron chi connectivity index (χ4n) is 3.07. The average molecular weight is 401 g/mol. The molecule has 0 saturated carbocycles. The number of hydrogen-bond acceptors (Lipinski definition) is 5. The monoisotopic (exact) mass is 401 g/mol. The third-order valence-corrected chi connectivity index (χ3v) is 6.57. The molecule has 0 aromatic heterocycles. The SMILES string of the molecule is CC(C)c1ccc(C(=O)COC(=O)c2cccc(N3CCCS3(=O)=O)c2)cc1. The Morgan fingerprint density at radius 3 is 2.39 bits per heavy atom. The highest BCUT2D eigenvalue weighted by atomic mass is 32.2. The normalized spacial score (nSPS) is 15.6. The minimum absolute atomic E-state index is 0.103. The van der Waals surface area contributed by atoms with E-state index >= 15 is 0 Å². The molecule has 1 fully saturated rings. The Morgan fingerprint density at radius 2 is 1.79 bits per heavy atom. The lowest BCUT2D eigenvalue weighted by Gasteiger charge is -2.17. The highest BCUT2D eigenvalue weighted by Gasteiger charge is 2.28. The summed E-state index contributed by atoms with van der Waals surface area (Å²) in [6.07, 6.45) is 0.557. The molecule has 28 heavy (non-hydrogen) atoms. The van der Waals surface area contributed by atoms with Crippen molar-refractivity contribution < 1.29 is 22.7 Å². The summed E-state index contributed by atoms with van der Waals surface area (Å²) in [7, 11) is -3.33. The smallest absolute Gasteiger partial charge is 0.338 e. The molecule has 0 atom stereocenters. The first-order chi connectivity index (χ1) is 13.3. The molecule has 0 radical (unpaired) electrons. The van der Waals surface area contributed by atoms with Crippen molar-refractivity contribution in [2.45, 2.75) is 26.2 Å². The number of nitrogens with zero attached hydrogens (tertiary/aromatic N) is 1. The standard InChI is InChI=1S/C21H23NO5S/c1-15(2)16-7-9-17(10-8-16)20(23)14-27-21(24)18-5-3-6-19(13-18)22-11-4-12-28(22,25)26/h3,5-10,13,15H,4,11-12,14H2,1-2H3. The predicted octanol–water partition coefficient (Wildman–Crippen LogP) is 3.39. The fourth-order valence-corrected chi connectivity index (χ4v) is 4.63. The van der Waals surface area contributed by atoms with Crippen molar-refractivity contribution >= 4 is 27.5 Å². The van der Waals surface area contributed by atoms with Crippen molar-refractivity contribution in [1.29, 1.82) is 0 Å². The summed E-state index contributed by atoms with van der Waals surface area (Å²) in [4.78, 5) is 24.6. The van der Waals surface area contributed by atoms with E-state index in [4.69, 9.17) is 4.74 Å². The van der Waals surface area contributed by atoms with Gasteiger partial charge in [0, 0.05) is 12.1 Å². The molecule has 148 valence electrons. The zero-order chi connectivity index (χ0) is 20.3. The van der Waals surface area contributed by atoms with Gasteiger partial charge in [0.25, 0.3) is 0 Å². The van der Waals surface area contributed by atoms with Gasteiger partial charge in [-0.25, -0.2) is 13.2 Å². The second-order valence-electron chi connectivity index (χ2n) is 7.07. The van der Waals surface area contributed by atoms with E-state index in [1.807, 2.05) is 12.1 Å². The van der Waals surface area contributed by atoms with Crippen LogP contribution in [0.2, 0.25) is 0 Å². The number of carbonyl (C=O) groups excluding carboxylic acids is 2. The molecule has 1 saturated heterocycles. The molecule has 0 amide bonds. The van der Waals surface area contributed by atoms with Crippen LogP contribution < -0.4 is 4.31 Å². The van der Waals surface area contributed by atoms with Gasteiger partial charge in [-0.2, -0.15) is 0 Å². The summed E-state index contributed by atoms with van der Waals surface area (Å²) < 4.78 is 30.5. The Kier molecular flexibility index (Phi) is 5.84. The van der Waals surface area contributed by atoms with E-state index in [1.165, 1.54) is 16.4 Å². The summed E-state index contributed by atoms with van der Waals surface area (Å²) >= 11 is 0. The second-order valence-corrected chi connectivity index (χ2v) is 9.08. The number of Topliss-reactive ketones (excluding diaryl/α,β-unsaturated/α-hetero) is 1. The maximum atomic E-state index is 12.3. The molecule has 0 N–H and O–H groups in total. The number of esters is 1. The molecule has 0 aliphatic carbocycles. The van der Waals surface area contributed by atoms with Crippen molar-refractivity contribution in [1.82, 2.24) is 0 Å². The van der Waals surface area contributed by atoms with Crippen molar-refractivity contribution in [2.75, 3.05) is 23.2 Å². The Hall–Kier alpha value is -2.67. The summed E-state index contributed by atoms with van der Waals surface area (Å²) in [5, 5.41) is 0. The van der Waals surface area contributed by atoms with E-state index in [-0.39, 0.29) is 23.7 Å². The Balaban J connectivity index is 1.65. The van der Waals surface area contributed by atoms with Crippen LogP contribution in [0.4, 0.5) is 5.69 Å². The van der Waals surface area contributed by atoms with Gasteiger partial charge in [0.2, 0.25) is 10.0 Å². The maximum absolute atomic E-state index is 12.3. The number of ether oxygens (including phenoxy) is 1. The molecule has 1 aliphatic rings. The molecule has 2 aromatic rings. The van der Waals surface area contributed by atoms with Gasteiger partial charge in [0.15, 0.2) is 12.4 Å². The largest absolute Gasteiger partial charge is 0.454 e. The second kappa shape index (κ2) is 8.14. The van der Waals surface area contributed by atoms with E-state index in [1.54, 1.807) is 24.3 Å². The predicted molar refractivity (Wildman–Crippen MR) is 107 cm³/mol. The van der Waals surface area contributed by atoms with Crippen LogP contribution in [-0.2, 0) is 14.8 Å². The van der Waals surface area contributed by atoms with Gasteiger partial charge >= 0.3 is 5.97 Å². The van der Waals surface area contributed by atoms with Crippen LogP contribution in [-0.4, -0.2) is 39.1 Å². The van der Waals surface area contributed by atoms with Crippen LogP contribution in [0, 0.1) is 0 Å². The van der Waals surface area contributed by atoms with Gasteiger partial charge in [0.05, 0.1) is 17.0 Å². The molecule has 3 rings (SSSR count). The van der Waals surface area contributed by atoms with Crippen LogP contribution in [0.1, 0.15) is 52.5 Å². The third-order valence-electron chi connectivity index (χ3n) is 4.70. The van der Waals surface area contributed by atoms with Gasteiger partial charge in [0.1, 0.15) is 0 Å². The quantitative estimate of drug-likeness (QED) is 0.547. The molecule has 0 bridgehead atoms. The van der Waals surface area contributed by atoms with E-state index in [0.717, 1.165) is 5.56 Å². The van der Waals surface area contributed by atoms with E-state index in [2.05, 4.69) is 13.8 Å². The third kappa shape index (κ3) is 4.42. The minimum Gasteiger partial charge on any atom is -0.454 e. The van der Waals surface area contributed by atoms with E-state index in [0.29, 0.717) is 30.1 Å². The van der Waals surface area contributed by atoms with E-state index in [9.17, 15) is 18.0 Å². The Bertz CT molecular complexity index is 980. The number of sulfonamides is 1. The number of rotatable bonds is 6. The molecule has 0 spiro atoms. The lowest BCUT2D eigenvalue weighted by atomic mass is 10.0. The van der Waals surface area contributed by atoms with Crippen molar-refractivity contribution in [2.24, 2.45) is 0 Å². The zero-order valence-electron chi connectivity index (χ0n) is 15.9. The molecule has 6 nitrogen and oxygen atoms in total. The topological polar surface area (TPSA) is 80.8 Å². The molecular formula is C21H23NO5S. The van der Waals surface area contributed by atoms with Crippen molar-refractivity contribution in [3.8, 4) is 0 Å². The highest BCUT2D eigenvalue weighted by molar-refractivity contribution is 7.93. The summed E-state index contributed by atoms with van der Waals surface area (Å²) in [6, 6.07) is 13.5. The summed E-state index contributed by atoms with van der Waals surface area (Å²) in [5.41, 5.74) is 2.25. The number of carbonyl (C=O) groups is 2. The van der Waals surface area contributed by atoms with Gasteiger partial charge in [-0.1, -0.05) is 44.2 Å². The van der Waals surface area contributed by atoms with Gasteiger partial charge in [-0.05, 0) is 36.1 Å². The van der Waals surface area contributed by atoms with Crippen LogP contribution in [0.5, 0.6) is 0 Å². The lowest BCUT2D eigenvalue weighted by molar-refractivity contribution is 0.0475.